The number of esters is 1. The highest BCUT2D eigenvalue weighted by Gasteiger charge is 2.22. The van der Waals surface area contributed by atoms with Gasteiger partial charge < -0.3 is 15.8 Å². The van der Waals surface area contributed by atoms with E-state index < -0.39 is 5.97 Å². The number of thiophene rings is 1. The monoisotopic (exact) mass is 301 g/mol. The molecule has 0 saturated heterocycles. The van der Waals surface area contributed by atoms with Crippen molar-refractivity contribution in [3.8, 4) is 6.07 Å². The predicted molar refractivity (Wildman–Crippen MR) is 83.3 cm³/mol. The SMILES string of the molecule is COC(=O)c1c(NCc2ccccc2C)sc(C#N)c1N. The van der Waals surface area contributed by atoms with Gasteiger partial charge in [0.2, 0.25) is 0 Å². The van der Waals surface area contributed by atoms with Gasteiger partial charge in [0.15, 0.2) is 0 Å². The van der Waals surface area contributed by atoms with Crippen molar-refractivity contribution in [3.63, 3.8) is 0 Å². The molecule has 0 radical (unpaired) electrons. The van der Waals surface area contributed by atoms with Crippen LogP contribution in [0.1, 0.15) is 26.4 Å². The van der Waals surface area contributed by atoms with Gasteiger partial charge in [-0.15, -0.1) is 11.3 Å². The fourth-order valence-corrected chi connectivity index (χ4v) is 2.84. The van der Waals surface area contributed by atoms with E-state index >= 15 is 0 Å². The van der Waals surface area contributed by atoms with Crippen molar-refractivity contribution in [2.45, 2.75) is 13.5 Å². The zero-order chi connectivity index (χ0) is 15.4. The van der Waals surface area contributed by atoms with Crippen LogP contribution in [0.2, 0.25) is 0 Å². The minimum Gasteiger partial charge on any atom is -0.465 e. The van der Waals surface area contributed by atoms with Crippen LogP contribution in [0.3, 0.4) is 0 Å². The minimum absolute atomic E-state index is 0.168. The number of carbonyl (C=O) groups is 1. The third-order valence-corrected chi connectivity index (χ3v) is 4.20. The summed E-state index contributed by atoms with van der Waals surface area (Å²) in [7, 11) is 1.29. The molecule has 1 heterocycles. The van der Waals surface area contributed by atoms with Crippen molar-refractivity contribution < 1.29 is 9.53 Å². The Bertz CT molecular complexity index is 716. The number of nitriles is 1. The van der Waals surface area contributed by atoms with Crippen molar-refractivity contribution in [1.29, 1.82) is 5.26 Å². The van der Waals surface area contributed by atoms with E-state index in [-0.39, 0.29) is 11.3 Å². The molecule has 0 saturated carbocycles. The highest BCUT2D eigenvalue weighted by molar-refractivity contribution is 7.17. The maximum Gasteiger partial charge on any atom is 0.343 e. The summed E-state index contributed by atoms with van der Waals surface area (Å²) in [6.45, 7) is 2.56. The predicted octanol–water partition coefficient (Wildman–Crippen LogP) is 2.91. The van der Waals surface area contributed by atoms with E-state index in [4.69, 9.17) is 15.7 Å². The number of methoxy groups -OCH3 is 1. The average Bonchev–Trinajstić information content (AvgIpc) is 2.81. The molecule has 0 spiro atoms. The number of nitrogens with zero attached hydrogens (tertiary/aromatic N) is 1. The molecule has 6 heteroatoms. The normalized spacial score (nSPS) is 9.95. The zero-order valence-corrected chi connectivity index (χ0v) is 12.6. The lowest BCUT2D eigenvalue weighted by molar-refractivity contribution is 0.0603. The van der Waals surface area contributed by atoms with Gasteiger partial charge in [-0.3, -0.25) is 0 Å². The summed E-state index contributed by atoms with van der Waals surface area (Å²) < 4.78 is 4.73. The lowest BCUT2D eigenvalue weighted by Crippen LogP contribution is -2.08. The smallest absolute Gasteiger partial charge is 0.343 e. The second kappa shape index (κ2) is 6.29. The molecule has 0 unspecified atom stereocenters. The number of aryl methyl sites for hydroxylation is 1. The van der Waals surface area contributed by atoms with Crippen LogP contribution in [-0.2, 0) is 11.3 Å². The Balaban J connectivity index is 2.30. The number of ether oxygens (including phenoxy) is 1. The number of nitrogen functional groups attached to an aromatic ring is 1. The summed E-state index contributed by atoms with van der Waals surface area (Å²) >= 11 is 1.16. The number of benzene rings is 1. The molecule has 21 heavy (non-hydrogen) atoms. The van der Waals surface area contributed by atoms with E-state index in [9.17, 15) is 4.79 Å². The van der Waals surface area contributed by atoms with Gasteiger partial charge in [-0.1, -0.05) is 24.3 Å². The Labute approximate surface area is 127 Å². The van der Waals surface area contributed by atoms with Gasteiger partial charge >= 0.3 is 5.97 Å². The van der Waals surface area contributed by atoms with Gasteiger partial charge in [-0.05, 0) is 18.1 Å². The van der Waals surface area contributed by atoms with Crippen LogP contribution < -0.4 is 11.1 Å². The number of rotatable bonds is 4. The summed E-state index contributed by atoms with van der Waals surface area (Å²) in [6, 6.07) is 9.93. The molecule has 0 aliphatic heterocycles. The van der Waals surface area contributed by atoms with Crippen LogP contribution in [0.25, 0.3) is 0 Å². The lowest BCUT2D eigenvalue weighted by Gasteiger charge is -2.09. The van der Waals surface area contributed by atoms with Crippen LogP contribution in [-0.4, -0.2) is 13.1 Å². The number of hydrogen-bond acceptors (Lipinski definition) is 6. The molecule has 0 fully saturated rings. The fraction of sp³-hybridized carbons (Fsp3) is 0.200. The first-order chi connectivity index (χ1) is 10.1. The number of hydrogen-bond donors (Lipinski definition) is 2. The van der Waals surface area contributed by atoms with Crippen molar-refractivity contribution in [3.05, 3.63) is 45.8 Å². The molecule has 1 aromatic heterocycles. The van der Waals surface area contributed by atoms with E-state index in [1.807, 2.05) is 37.3 Å². The molecule has 108 valence electrons. The number of anilines is 2. The fourth-order valence-electron chi connectivity index (χ4n) is 1.94. The molecule has 0 bridgehead atoms. The maximum atomic E-state index is 11.8. The second-order valence-electron chi connectivity index (χ2n) is 4.43. The van der Waals surface area contributed by atoms with E-state index in [0.717, 1.165) is 22.5 Å². The number of carbonyl (C=O) groups excluding carboxylic acids is 1. The molecule has 2 rings (SSSR count). The molecular weight excluding hydrogens is 286 g/mol. The molecular formula is C15H15N3O2S. The molecule has 0 aliphatic rings. The van der Waals surface area contributed by atoms with Crippen molar-refractivity contribution in [2.75, 3.05) is 18.2 Å². The summed E-state index contributed by atoms with van der Waals surface area (Å²) in [4.78, 5) is 12.1. The summed E-state index contributed by atoms with van der Waals surface area (Å²) in [6.07, 6.45) is 0. The minimum atomic E-state index is -0.544. The molecule has 3 N–H and O–H groups in total. The first kappa shape index (κ1) is 14.9. The average molecular weight is 301 g/mol. The van der Waals surface area contributed by atoms with Crippen LogP contribution in [0.5, 0.6) is 0 Å². The van der Waals surface area contributed by atoms with E-state index in [0.29, 0.717) is 16.4 Å². The van der Waals surface area contributed by atoms with Gasteiger partial charge in [0.1, 0.15) is 21.5 Å². The second-order valence-corrected chi connectivity index (χ2v) is 5.45. The number of nitrogens with two attached hydrogens (primary N) is 1. The van der Waals surface area contributed by atoms with Gasteiger partial charge in [0, 0.05) is 6.54 Å². The highest BCUT2D eigenvalue weighted by Crippen LogP contribution is 2.36. The van der Waals surface area contributed by atoms with E-state index in [2.05, 4.69) is 5.32 Å². The van der Waals surface area contributed by atoms with Crippen LogP contribution in [0.4, 0.5) is 10.7 Å². The Morgan fingerprint density at radius 1 is 1.48 bits per heavy atom. The van der Waals surface area contributed by atoms with Crippen molar-refractivity contribution in [2.24, 2.45) is 0 Å². The third kappa shape index (κ3) is 2.98. The Morgan fingerprint density at radius 3 is 2.81 bits per heavy atom. The number of nitrogens with one attached hydrogen (secondary N) is 1. The molecule has 1 aromatic carbocycles. The largest absolute Gasteiger partial charge is 0.465 e. The highest BCUT2D eigenvalue weighted by atomic mass is 32.1. The standard InChI is InChI=1S/C15H15N3O2S/c1-9-5-3-4-6-10(9)8-18-14-12(15(19)20-2)13(17)11(7-16)21-14/h3-6,18H,8,17H2,1-2H3. The van der Waals surface area contributed by atoms with Crippen molar-refractivity contribution >= 4 is 28.0 Å². The van der Waals surface area contributed by atoms with E-state index in [1.54, 1.807) is 0 Å². The third-order valence-electron chi connectivity index (χ3n) is 3.14. The van der Waals surface area contributed by atoms with Crippen LogP contribution in [0, 0.1) is 18.3 Å². The molecule has 5 nitrogen and oxygen atoms in total. The summed E-state index contributed by atoms with van der Waals surface area (Å²) in [5, 5.41) is 12.8. The zero-order valence-electron chi connectivity index (χ0n) is 11.8. The summed E-state index contributed by atoms with van der Waals surface area (Å²) in [5.41, 5.74) is 8.49. The van der Waals surface area contributed by atoms with Crippen LogP contribution in [0.15, 0.2) is 24.3 Å². The van der Waals surface area contributed by atoms with Gasteiger partial charge in [-0.25, -0.2) is 4.79 Å². The lowest BCUT2D eigenvalue weighted by atomic mass is 10.1. The Morgan fingerprint density at radius 2 is 2.19 bits per heavy atom. The Kier molecular flexibility index (Phi) is 4.45. The van der Waals surface area contributed by atoms with Crippen LogP contribution >= 0.6 is 11.3 Å². The molecule has 2 aromatic rings. The quantitative estimate of drug-likeness (QED) is 0.848. The first-order valence-corrected chi connectivity index (χ1v) is 7.09. The summed E-state index contributed by atoms with van der Waals surface area (Å²) in [5.74, 6) is -0.544. The van der Waals surface area contributed by atoms with Gasteiger partial charge in [0.05, 0.1) is 12.8 Å². The Hall–Kier alpha value is -2.52. The van der Waals surface area contributed by atoms with Gasteiger partial charge in [-0.2, -0.15) is 5.26 Å². The molecule has 0 amide bonds. The van der Waals surface area contributed by atoms with Gasteiger partial charge in [0.25, 0.3) is 0 Å². The molecule has 0 aliphatic carbocycles. The topological polar surface area (TPSA) is 88.1 Å². The first-order valence-electron chi connectivity index (χ1n) is 6.27. The van der Waals surface area contributed by atoms with E-state index in [1.165, 1.54) is 7.11 Å². The molecule has 0 atom stereocenters. The van der Waals surface area contributed by atoms with Crippen molar-refractivity contribution in [1.82, 2.24) is 0 Å². The maximum absolute atomic E-state index is 11.8.